The minimum Gasteiger partial charge on any atom is -0.379 e. The molecule has 0 heterocycles. The molecule has 0 saturated carbocycles. The van der Waals surface area contributed by atoms with Crippen LogP contribution in [0.15, 0.2) is 29.8 Å². The summed E-state index contributed by atoms with van der Waals surface area (Å²) < 4.78 is 25.6. The van der Waals surface area contributed by atoms with E-state index in [0.29, 0.717) is 12.2 Å². The fourth-order valence-electron chi connectivity index (χ4n) is 0.998. The van der Waals surface area contributed by atoms with E-state index in [4.69, 9.17) is 0 Å². The third kappa shape index (κ3) is 3.17. The van der Waals surface area contributed by atoms with Crippen molar-refractivity contribution in [2.45, 2.75) is 13.8 Å². The number of nitrogens with one attached hydrogen (secondary N) is 1. The van der Waals surface area contributed by atoms with Gasteiger partial charge in [-0.15, -0.1) is 0 Å². The first-order valence-corrected chi connectivity index (χ1v) is 4.42. The van der Waals surface area contributed by atoms with Gasteiger partial charge in [-0.25, -0.2) is 8.78 Å². The average Bonchev–Trinajstić information content (AvgIpc) is 2.08. The molecule has 1 aromatic rings. The van der Waals surface area contributed by atoms with Crippen LogP contribution in [0.1, 0.15) is 13.8 Å². The molecule has 0 saturated heterocycles. The second-order valence-corrected chi connectivity index (χ2v) is 3.29. The first-order valence-electron chi connectivity index (χ1n) is 4.42. The van der Waals surface area contributed by atoms with E-state index < -0.39 is 11.6 Å². The van der Waals surface area contributed by atoms with E-state index in [-0.39, 0.29) is 0 Å². The molecule has 3 heteroatoms. The molecule has 0 aromatic heterocycles. The second kappa shape index (κ2) is 4.74. The van der Waals surface area contributed by atoms with Crippen LogP contribution in [0, 0.1) is 11.6 Å². The van der Waals surface area contributed by atoms with Crippen molar-refractivity contribution in [3.8, 4) is 0 Å². The summed E-state index contributed by atoms with van der Waals surface area (Å²) in [6, 6.07) is 3.49. The Kier molecular flexibility index (Phi) is 3.63. The third-order valence-corrected chi connectivity index (χ3v) is 1.73. The van der Waals surface area contributed by atoms with E-state index in [9.17, 15) is 8.78 Å². The Bertz CT molecular complexity index is 341. The van der Waals surface area contributed by atoms with Crippen molar-refractivity contribution in [1.82, 2.24) is 0 Å². The molecule has 14 heavy (non-hydrogen) atoms. The van der Waals surface area contributed by atoms with Crippen LogP contribution in [0.2, 0.25) is 0 Å². The van der Waals surface area contributed by atoms with Gasteiger partial charge in [0.2, 0.25) is 0 Å². The highest BCUT2D eigenvalue weighted by atomic mass is 19.1. The molecule has 0 aliphatic heterocycles. The van der Waals surface area contributed by atoms with Gasteiger partial charge in [0, 0.05) is 12.6 Å². The maximum absolute atomic E-state index is 13.1. The van der Waals surface area contributed by atoms with Crippen LogP contribution >= 0.6 is 0 Å². The zero-order chi connectivity index (χ0) is 10.6. The van der Waals surface area contributed by atoms with Crippen LogP contribution in [0.3, 0.4) is 0 Å². The lowest BCUT2D eigenvalue weighted by molar-refractivity contribution is 0.585. The number of anilines is 1. The second-order valence-electron chi connectivity index (χ2n) is 3.29. The summed E-state index contributed by atoms with van der Waals surface area (Å²) in [6.45, 7) is 4.47. The lowest BCUT2D eigenvalue weighted by Crippen LogP contribution is -2.01. The molecule has 1 nitrogen and oxygen atoms in total. The Morgan fingerprint density at radius 1 is 1.36 bits per heavy atom. The summed E-state index contributed by atoms with van der Waals surface area (Å²) in [7, 11) is 0. The summed E-state index contributed by atoms with van der Waals surface area (Å²) in [6.07, 6.45) is 1.93. The monoisotopic (exact) mass is 197 g/mol. The summed E-state index contributed by atoms with van der Waals surface area (Å²) >= 11 is 0. The minimum atomic E-state index is -0.563. The Hall–Kier alpha value is -1.38. The van der Waals surface area contributed by atoms with E-state index >= 15 is 0 Å². The summed E-state index contributed by atoms with van der Waals surface area (Å²) in [5, 5.41) is 2.85. The minimum absolute atomic E-state index is 0.323. The van der Waals surface area contributed by atoms with Gasteiger partial charge in [-0.1, -0.05) is 11.6 Å². The molecule has 76 valence electrons. The summed E-state index contributed by atoms with van der Waals surface area (Å²) in [5.74, 6) is -1.12. The molecule has 0 atom stereocenters. The van der Waals surface area contributed by atoms with E-state index in [0.717, 1.165) is 11.6 Å². The number of rotatable bonds is 3. The standard InChI is InChI=1S/C11H13F2N/c1-8(2)5-6-14-11-4-3-9(12)7-10(11)13/h3-5,7,14H,6H2,1-2H3. The normalized spacial score (nSPS) is 9.71. The zero-order valence-electron chi connectivity index (χ0n) is 8.27. The fourth-order valence-corrected chi connectivity index (χ4v) is 0.998. The highest BCUT2D eigenvalue weighted by Gasteiger charge is 2.01. The molecule has 0 unspecified atom stereocenters. The average molecular weight is 197 g/mol. The van der Waals surface area contributed by atoms with E-state index in [1.807, 2.05) is 19.9 Å². The van der Waals surface area contributed by atoms with Crippen LogP contribution in [-0.4, -0.2) is 6.54 Å². The molecule has 0 radical (unpaired) electrons. The predicted octanol–water partition coefficient (Wildman–Crippen LogP) is 3.34. The molecular formula is C11H13F2N. The van der Waals surface area contributed by atoms with Gasteiger partial charge in [-0.2, -0.15) is 0 Å². The van der Waals surface area contributed by atoms with E-state index in [1.165, 1.54) is 12.1 Å². The van der Waals surface area contributed by atoms with E-state index in [2.05, 4.69) is 5.32 Å². The van der Waals surface area contributed by atoms with Crippen LogP contribution in [0.25, 0.3) is 0 Å². The largest absolute Gasteiger partial charge is 0.379 e. The molecule has 0 amide bonds. The van der Waals surface area contributed by atoms with Gasteiger partial charge in [-0.3, -0.25) is 0 Å². The van der Waals surface area contributed by atoms with Gasteiger partial charge < -0.3 is 5.32 Å². The van der Waals surface area contributed by atoms with Gasteiger partial charge >= 0.3 is 0 Å². The molecule has 1 rings (SSSR count). The van der Waals surface area contributed by atoms with Crippen molar-refractivity contribution in [2.24, 2.45) is 0 Å². The Balaban J connectivity index is 2.64. The Morgan fingerprint density at radius 2 is 2.07 bits per heavy atom. The van der Waals surface area contributed by atoms with Crippen LogP contribution in [-0.2, 0) is 0 Å². The molecular weight excluding hydrogens is 184 g/mol. The maximum atomic E-state index is 13.1. The highest BCUT2D eigenvalue weighted by molar-refractivity contribution is 5.45. The van der Waals surface area contributed by atoms with Crippen molar-refractivity contribution < 1.29 is 8.78 Å². The van der Waals surface area contributed by atoms with Crippen molar-refractivity contribution in [3.63, 3.8) is 0 Å². The van der Waals surface area contributed by atoms with Gasteiger partial charge in [0.15, 0.2) is 0 Å². The Morgan fingerprint density at radius 3 is 2.64 bits per heavy atom. The first-order chi connectivity index (χ1) is 6.59. The fraction of sp³-hybridized carbons (Fsp3) is 0.273. The number of halogens is 2. The molecule has 0 aliphatic carbocycles. The van der Waals surface area contributed by atoms with Gasteiger partial charge in [0.25, 0.3) is 0 Å². The van der Waals surface area contributed by atoms with Crippen LogP contribution in [0.5, 0.6) is 0 Å². The molecule has 1 N–H and O–H groups in total. The van der Waals surface area contributed by atoms with Crippen LogP contribution < -0.4 is 5.32 Å². The highest BCUT2D eigenvalue weighted by Crippen LogP contribution is 2.14. The Labute approximate surface area is 82.4 Å². The van der Waals surface area contributed by atoms with Gasteiger partial charge in [0.1, 0.15) is 11.6 Å². The van der Waals surface area contributed by atoms with E-state index in [1.54, 1.807) is 0 Å². The molecule has 0 spiro atoms. The van der Waals surface area contributed by atoms with Crippen molar-refractivity contribution >= 4 is 5.69 Å². The van der Waals surface area contributed by atoms with Crippen molar-refractivity contribution in [3.05, 3.63) is 41.5 Å². The lowest BCUT2D eigenvalue weighted by atomic mass is 10.3. The quantitative estimate of drug-likeness (QED) is 0.733. The summed E-state index contributed by atoms with van der Waals surface area (Å²) in [5.41, 5.74) is 1.48. The van der Waals surface area contributed by atoms with Gasteiger partial charge in [-0.05, 0) is 26.0 Å². The smallest absolute Gasteiger partial charge is 0.149 e. The molecule has 1 aromatic carbocycles. The number of benzene rings is 1. The maximum Gasteiger partial charge on any atom is 0.149 e. The lowest BCUT2D eigenvalue weighted by Gasteiger charge is -2.04. The SMILES string of the molecule is CC(C)=CCNc1ccc(F)cc1F. The third-order valence-electron chi connectivity index (χ3n) is 1.73. The molecule has 0 bridgehead atoms. The number of hydrogen-bond acceptors (Lipinski definition) is 1. The van der Waals surface area contributed by atoms with Crippen molar-refractivity contribution in [1.29, 1.82) is 0 Å². The predicted molar refractivity (Wildman–Crippen MR) is 54.3 cm³/mol. The van der Waals surface area contributed by atoms with Crippen LogP contribution in [0.4, 0.5) is 14.5 Å². The topological polar surface area (TPSA) is 12.0 Å². The summed E-state index contributed by atoms with van der Waals surface area (Å²) in [4.78, 5) is 0. The molecule has 0 fully saturated rings. The van der Waals surface area contributed by atoms with Crippen molar-refractivity contribution in [2.75, 3.05) is 11.9 Å². The van der Waals surface area contributed by atoms with Gasteiger partial charge in [0.05, 0.1) is 5.69 Å². The first kappa shape index (κ1) is 10.7. The zero-order valence-corrected chi connectivity index (χ0v) is 8.27. The number of hydrogen-bond donors (Lipinski definition) is 1. The number of allylic oxidation sites excluding steroid dienone is 1. The molecule has 0 aliphatic rings.